The van der Waals surface area contributed by atoms with Crippen LogP contribution in [0.1, 0.15) is 21.5 Å². The van der Waals surface area contributed by atoms with E-state index >= 15 is 0 Å². The maximum absolute atomic E-state index is 12.2. The minimum absolute atomic E-state index is 0.0592. The van der Waals surface area contributed by atoms with Crippen LogP contribution in [0.2, 0.25) is 5.02 Å². The molecule has 0 N–H and O–H groups in total. The number of rotatable bonds is 3. The van der Waals surface area contributed by atoms with Crippen molar-refractivity contribution in [1.29, 1.82) is 0 Å². The Morgan fingerprint density at radius 2 is 2.11 bits per heavy atom. The molecular formula is C14H13ClN2O2. The van der Waals surface area contributed by atoms with Crippen molar-refractivity contribution in [2.24, 2.45) is 0 Å². The third-order valence-corrected chi connectivity index (χ3v) is 3.01. The number of aryl methyl sites for hydroxylation is 2. The lowest BCUT2D eigenvalue weighted by Gasteiger charge is -2.07. The van der Waals surface area contributed by atoms with Crippen molar-refractivity contribution < 1.29 is 4.79 Å². The number of hydrogen-bond acceptors (Lipinski definition) is 3. The molecule has 0 spiro atoms. The van der Waals surface area contributed by atoms with Gasteiger partial charge in [-0.25, -0.2) is 9.78 Å². The highest BCUT2D eigenvalue weighted by Crippen LogP contribution is 2.12. The fourth-order valence-corrected chi connectivity index (χ4v) is 2.07. The van der Waals surface area contributed by atoms with Crippen LogP contribution >= 0.6 is 11.6 Å². The van der Waals surface area contributed by atoms with E-state index in [0.717, 1.165) is 11.1 Å². The van der Waals surface area contributed by atoms with Crippen molar-refractivity contribution >= 4 is 17.4 Å². The predicted molar refractivity (Wildman–Crippen MR) is 73.8 cm³/mol. The smallest absolute Gasteiger partial charge is 0.292 e. The van der Waals surface area contributed by atoms with Gasteiger partial charge in [-0.1, -0.05) is 35.4 Å². The second-order valence-corrected chi connectivity index (χ2v) is 4.86. The highest BCUT2D eigenvalue weighted by molar-refractivity contribution is 6.30. The summed E-state index contributed by atoms with van der Waals surface area (Å²) < 4.78 is 1.21. The number of benzene rings is 1. The van der Waals surface area contributed by atoms with Crippen LogP contribution in [0.25, 0.3) is 0 Å². The number of halogens is 1. The number of hydrogen-bond donors (Lipinski definition) is 0. The molecule has 0 aliphatic carbocycles. The Morgan fingerprint density at radius 3 is 2.79 bits per heavy atom. The lowest BCUT2D eigenvalue weighted by atomic mass is 10.0. The number of Topliss-reactive ketones (excluding diaryl/α,β-unsaturated/α-hetero) is 1. The summed E-state index contributed by atoms with van der Waals surface area (Å²) in [5.41, 5.74) is 2.11. The first-order valence-electron chi connectivity index (χ1n) is 5.80. The van der Waals surface area contributed by atoms with Crippen molar-refractivity contribution in [3.63, 3.8) is 0 Å². The lowest BCUT2D eigenvalue weighted by Crippen LogP contribution is -2.26. The first kappa shape index (κ1) is 13.5. The maximum Gasteiger partial charge on any atom is 0.348 e. The molecule has 0 saturated heterocycles. The van der Waals surface area contributed by atoms with Gasteiger partial charge in [0.05, 0.1) is 17.8 Å². The Morgan fingerprint density at radius 1 is 1.37 bits per heavy atom. The van der Waals surface area contributed by atoms with Gasteiger partial charge in [-0.2, -0.15) is 0 Å². The van der Waals surface area contributed by atoms with Gasteiger partial charge < -0.3 is 0 Å². The molecule has 5 heteroatoms. The van der Waals surface area contributed by atoms with Gasteiger partial charge in [0.25, 0.3) is 0 Å². The summed E-state index contributed by atoms with van der Waals surface area (Å²) in [6.07, 6.45) is 2.68. The standard InChI is InChI=1S/C14H13ClN2O2/c1-9-3-4-12(10(2)5-9)13(18)8-17-7-11(15)6-16-14(17)19/h3-7H,8H2,1-2H3. The number of nitrogens with zero attached hydrogens (tertiary/aromatic N) is 2. The van der Waals surface area contributed by atoms with Gasteiger partial charge in [0, 0.05) is 11.8 Å². The van der Waals surface area contributed by atoms with Crippen LogP contribution in [0.3, 0.4) is 0 Å². The molecule has 1 aromatic heterocycles. The van der Waals surface area contributed by atoms with E-state index in [2.05, 4.69) is 4.98 Å². The Labute approximate surface area is 115 Å². The lowest BCUT2D eigenvalue weighted by molar-refractivity contribution is 0.0969. The second kappa shape index (κ2) is 5.36. The molecule has 0 aliphatic rings. The SMILES string of the molecule is Cc1ccc(C(=O)Cn2cc(Cl)cnc2=O)c(C)c1. The highest BCUT2D eigenvalue weighted by Gasteiger charge is 2.11. The van der Waals surface area contributed by atoms with Gasteiger partial charge in [-0.05, 0) is 19.4 Å². The summed E-state index contributed by atoms with van der Waals surface area (Å²) in [4.78, 5) is 27.3. The summed E-state index contributed by atoms with van der Waals surface area (Å²) in [7, 11) is 0. The molecule has 0 unspecified atom stereocenters. The van der Waals surface area contributed by atoms with Crippen LogP contribution in [0.4, 0.5) is 0 Å². The third-order valence-electron chi connectivity index (χ3n) is 2.82. The van der Waals surface area contributed by atoms with Gasteiger partial charge in [0.15, 0.2) is 5.78 Å². The van der Waals surface area contributed by atoms with Gasteiger partial charge in [0.2, 0.25) is 0 Å². The molecule has 0 aliphatic heterocycles. The average Bonchev–Trinajstić information content (AvgIpc) is 2.33. The van der Waals surface area contributed by atoms with Gasteiger partial charge in [-0.3, -0.25) is 9.36 Å². The van der Waals surface area contributed by atoms with Crippen molar-refractivity contribution in [1.82, 2.24) is 9.55 Å². The topological polar surface area (TPSA) is 52.0 Å². The Balaban J connectivity index is 2.31. The molecule has 98 valence electrons. The van der Waals surface area contributed by atoms with E-state index in [1.165, 1.54) is 17.0 Å². The molecule has 0 atom stereocenters. The molecule has 0 fully saturated rings. The van der Waals surface area contributed by atoms with Crippen LogP contribution < -0.4 is 5.69 Å². The minimum Gasteiger partial charge on any atom is -0.292 e. The molecule has 2 rings (SSSR count). The van der Waals surface area contributed by atoms with E-state index in [-0.39, 0.29) is 12.3 Å². The van der Waals surface area contributed by atoms with E-state index in [1.807, 2.05) is 26.0 Å². The first-order valence-corrected chi connectivity index (χ1v) is 6.17. The van der Waals surface area contributed by atoms with Crippen LogP contribution in [0, 0.1) is 13.8 Å². The molecule has 4 nitrogen and oxygen atoms in total. The van der Waals surface area contributed by atoms with Crippen LogP contribution in [0.15, 0.2) is 35.4 Å². The van der Waals surface area contributed by atoms with Gasteiger partial charge >= 0.3 is 5.69 Å². The largest absolute Gasteiger partial charge is 0.348 e. The molecule has 0 amide bonds. The second-order valence-electron chi connectivity index (χ2n) is 4.42. The van der Waals surface area contributed by atoms with E-state index in [0.29, 0.717) is 10.6 Å². The van der Waals surface area contributed by atoms with Crippen molar-refractivity contribution in [2.75, 3.05) is 0 Å². The van der Waals surface area contributed by atoms with Gasteiger partial charge in [0.1, 0.15) is 0 Å². The molecule has 0 saturated carbocycles. The molecular weight excluding hydrogens is 264 g/mol. The molecule has 0 radical (unpaired) electrons. The number of carbonyl (C=O) groups excluding carboxylic acids is 1. The van der Waals surface area contributed by atoms with Crippen molar-refractivity contribution in [3.8, 4) is 0 Å². The monoisotopic (exact) mass is 276 g/mol. The van der Waals surface area contributed by atoms with Crippen molar-refractivity contribution in [2.45, 2.75) is 20.4 Å². The fourth-order valence-electron chi connectivity index (χ4n) is 1.91. The van der Waals surface area contributed by atoms with Crippen LogP contribution in [-0.4, -0.2) is 15.3 Å². The maximum atomic E-state index is 12.2. The van der Waals surface area contributed by atoms with E-state index in [9.17, 15) is 9.59 Å². The molecule has 1 aromatic carbocycles. The molecule has 1 heterocycles. The van der Waals surface area contributed by atoms with Gasteiger partial charge in [-0.15, -0.1) is 0 Å². The summed E-state index contributed by atoms with van der Waals surface area (Å²) in [6.45, 7) is 3.78. The first-order chi connectivity index (χ1) is 8.97. The number of aromatic nitrogens is 2. The zero-order chi connectivity index (χ0) is 14.0. The van der Waals surface area contributed by atoms with E-state index in [4.69, 9.17) is 11.6 Å². The Hall–Kier alpha value is -1.94. The fraction of sp³-hybridized carbons (Fsp3) is 0.214. The highest BCUT2D eigenvalue weighted by atomic mass is 35.5. The summed E-state index contributed by atoms with van der Waals surface area (Å²) in [5, 5.41) is 0.327. The molecule has 0 bridgehead atoms. The predicted octanol–water partition coefficient (Wildman–Crippen LogP) is 2.40. The summed E-state index contributed by atoms with van der Waals surface area (Å²) in [5.74, 6) is -0.135. The third kappa shape index (κ3) is 3.09. The summed E-state index contributed by atoms with van der Waals surface area (Å²) >= 11 is 5.76. The number of ketones is 1. The molecule has 19 heavy (non-hydrogen) atoms. The average molecular weight is 277 g/mol. The normalized spacial score (nSPS) is 10.5. The zero-order valence-corrected chi connectivity index (χ0v) is 11.4. The number of carbonyl (C=O) groups is 1. The van der Waals surface area contributed by atoms with Crippen LogP contribution in [-0.2, 0) is 6.54 Å². The van der Waals surface area contributed by atoms with Crippen LogP contribution in [0.5, 0.6) is 0 Å². The molecule has 2 aromatic rings. The minimum atomic E-state index is -0.484. The summed E-state index contributed by atoms with van der Waals surface area (Å²) in [6, 6.07) is 5.58. The van der Waals surface area contributed by atoms with E-state index in [1.54, 1.807) is 6.07 Å². The van der Waals surface area contributed by atoms with E-state index < -0.39 is 5.69 Å². The van der Waals surface area contributed by atoms with Crippen molar-refractivity contribution in [3.05, 3.63) is 62.8 Å². The Bertz CT molecular complexity index is 692. The quantitative estimate of drug-likeness (QED) is 0.809. The Kier molecular flexibility index (Phi) is 3.81. The zero-order valence-electron chi connectivity index (χ0n) is 10.7.